The third-order valence-electron chi connectivity index (χ3n) is 3.64. The van der Waals surface area contributed by atoms with Gasteiger partial charge in [0.15, 0.2) is 0 Å². The van der Waals surface area contributed by atoms with E-state index in [0.29, 0.717) is 32.6 Å². The zero-order chi connectivity index (χ0) is 18.7. The van der Waals surface area contributed by atoms with E-state index in [4.69, 9.17) is 16.3 Å². The summed E-state index contributed by atoms with van der Waals surface area (Å²) in [6.07, 6.45) is 1.59. The van der Waals surface area contributed by atoms with Crippen LogP contribution in [0.4, 0.5) is 0 Å². The predicted molar refractivity (Wildman–Crippen MR) is 96.7 cm³/mol. The van der Waals surface area contributed by atoms with Crippen LogP contribution < -0.4 is 26.0 Å². The van der Waals surface area contributed by atoms with Gasteiger partial charge in [-0.3, -0.25) is 9.89 Å². The van der Waals surface area contributed by atoms with Gasteiger partial charge < -0.3 is 14.6 Å². The van der Waals surface area contributed by atoms with Gasteiger partial charge in [-0.1, -0.05) is 42.4 Å². The van der Waals surface area contributed by atoms with E-state index in [0.717, 1.165) is 0 Å². The van der Waals surface area contributed by atoms with Crippen LogP contribution >= 0.6 is 11.6 Å². The molecule has 1 heterocycles. The number of ether oxygens (including phenoxy) is 1. The van der Waals surface area contributed by atoms with Gasteiger partial charge in [-0.2, -0.15) is 0 Å². The number of halogens is 1. The number of aromatic nitrogens is 2. The second kappa shape index (κ2) is 7.33. The number of aromatic amines is 1. The third-order valence-corrected chi connectivity index (χ3v) is 3.87. The zero-order valence-corrected chi connectivity index (χ0v) is 14.3. The standard InChI is InChI=1S/C19H15ClN2O4/c1-12-16(9-13-5-2-3-8-17(13)26-11-18(23)24)19(25)22(21-12)15-7-4-6-14(20)10-15/h2-10,21H,1,11H2,(H,23,24)/p-1/b16-9-. The summed E-state index contributed by atoms with van der Waals surface area (Å²) >= 11 is 5.98. The van der Waals surface area contributed by atoms with E-state index in [1.54, 1.807) is 54.6 Å². The number of carbonyl (C=O) groups excluding carboxylic acids is 1. The maximum atomic E-state index is 12.8. The lowest BCUT2D eigenvalue weighted by Gasteiger charge is -2.09. The number of nitrogens with one attached hydrogen (secondary N) is 1. The molecule has 3 rings (SSSR count). The van der Waals surface area contributed by atoms with Crippen LogP contribution in [0, 0.1) is 0 Å². The van der Waals surface area contributed by atoms with E-state index in [1.165, 1.54) is 4.68 Å². The predicted octanol–water partition coefficient (Wildman–Crippen LogP) is 0.187. The second-order valence-corrected chi connectivity index (χ2v) is 5.90. The summed E-state index contributed by atoms with van der Waals surface area (Å²) < 4.78 is 6.55. The molecule has 1 N–H and O–H groups in total. The summed E-state index contributed by atoms with van der Waals surface area (Å²) in [5, 5.41) is 14.8. The van der Waals surface area contributed by atoms with E-state index in [2.05, 4.69) is 11.7 Å². The zero-order valence-electron chi connectivity index (χ0n) is 13.6. The average Bonchev–Trinajstić information content (AvgIpc) is 2.89. The number of para-hydroxylation sites is 1. The highest BCUT2D eigenvalue weighted by atomic mass is 35.5. The molecule has 0 aliphatic carbocycles. The molecular formula is C19H14ClN2O4-. The Morgan fingerprint density at radius 1 is 1.27 bits per heavy atom. The van der Waals surface area contributed by atoms with Crippen molar-refractivity contribution >= 4 is 30.2 Å². The lowest BCUT2D eigenvalue weighted by Crippen LogP contribution is -2.34. The third kappa shape index (κ3) is 3.70. The van der Waals surface area contributed by atoms with Gasteiger partial charge in [-0.15, -0.1) is 0 Å². The molecule has 0 saturated carbocycles. The molecule has 7 heteroatoms. The highest BCUT2D eigenvalue weighted by Gasteiger charge is 2.07. The molecule has 0 spiro atoms. The molecule has 0 bridgehead atoms. The molecule has 0 aliphatic rings. The van der Waals surface area contributed by atoms with Crippen LogP contribution in [0.2, 0.25) is 5.02 Å². The van der Waals surface area contributed by atoms with Gasteiger partial charge in [-0.05, 0) is 30.3 Å². The van der Waals surface area contributed by atoms with Crippen LogP contribution in [-0.4, -0.2) is 22.4 Å². The summed E-state index contributed by atoms with van der Waals surface area (Å²) in [5.74, 6) is -1.01. The van der Waals surface area contributed by atoms with Crippen LogP contribution in [0.15, 0.2) is 53.3 Å². The number of hydrogen-bond acceptors (Lipinski definition) is 4. The first kappa shape index (κ1) is 17.6. The molecule has 0 aliphatic heterocycles. The maximum Gasteiger partial charge on any atom is 0.279 e. The summed E-state index contributed by atoms with van der Waals surface area (Å²) in [7, 11) is 0. The minimum Gasteiger partial charge on any atom is -0.546 e. The summed E-state index contributed by atoms with van der Waals surface area (Å²) in [6.45, 7) is 3.28. The Morgan fingerprint density at radius 3 is 2.77 bits per heavy atom. The molecule has 0 saturated heterocycles. The molecule has 132 valence electrons. The van der Waals surface area contributed by atoms with Gasteiger partial charge in [0.1, 0.15) is 12.4 Å². The van der Waals surface area contributed by atoms with E-state index >= 15 is 0 Å². The van der Waals surface area contributed by atoms with Crippen LogP contribution in [0.5, 0.6) is 5.75 Å². The summed E-state index contributed by atoms with van der Waals surface area (Å²) in [4.78, 5) is 23.4. The molecular weight excluding hydrogens is 356 g/mol. The SMILES string of the molecule is C=c1[nH]n(-c2cccc(Cl)c2)c(=O)/c1=C\c1ccccc1OCC(=O)[O-]. The Morgan fingerprint density at radius 2 is 2.04 bits per heavy atom. The maximum absolute atomic E-state index is 12.8. The van der Waals surface area contributed by atoms with Crippen molar-refractivity contribution in [3.05, 3.63) is 80.0 Å². The number of aliphatic carboxylic acids is 1. The van der Waals surface area contributed by atoms with Crippen LogP contribution in [0.3, 0.4) is 0 Å². The Hall–Kier alpha value is -3.25. The molecule has 2 aromatic carbocycles. The quantitative estimate of drug-likeness (QED) is 0.695. The van der Waals surface area contributed by atoms with E-state index in [9.17, 15) is 14.7 Å². The van der Waals surface area contributed by atoms with E-state index in [1.807, 2.05) is 0 Å². The molecule has 6 nitrogen and oxygen atoms in total. The van der Waals surface area contributed by atoms with Crippen molar-refractivity contribution in [3.63, 3.8) is 0 Å². The summed E-state index contributed by atoms with van der Waals surface area (Å²) in [6, 6.07) is 13.6. The second-order valence-electron chi connectivity index (χ2n) is 5.47. The first-order chi connectivity index (χ1) is 12.5. The summed E-state index contributed by atoms with van der Waals surface area (Å²) in [5.41, 5.74) is 0.813. The van der Waals surface area contributed by atoms with Gasteiger partial charge in [0.05, 0.1) is 22.2 Å². The van der Waals surface area contributed by atoms with Gasteiger partial charge in [0, 0.05) is 10.6 Å². The van der Waals surface area contributed by atoms with Crippen molar-refractivity contribution in [2.24, 2.45) is 0 Å². The molecule has 0 unspecified atom stereocenters. The van der Waals surface area contributed by atoms with Crippen molar-refractivity contribution < 1.29 is 14.6 Å². The number of benzene rings is 2. The molecule has 0 fully saturated rings. The van der Waals surface area contributed by atoms with E-state index in [-0.39, 0.29) is 5.56 Å². The smallest absolute Gasteiger partial charge is 0.279 e. The first-order valence-corrected chi connectivity index (χ1v) is 8.03. The highest BCUT2D eigenvalue weighted by Crippen LogP contribution is 2.18. The Labute approximate surface area is 153 Å². The van der Waals surface area contributed by atoms with Gasteiger partial charge in [0.25, 0.3) is 5.56 Å². The largest absolute Gasteiger partial charge is 0.546 e. The van der Waals surface area contributed by atoms with Gasteiger partial charge >= 0.3 is 0 Å². The van der Waals surface area contributed by atoms with Gasteiger partial charge in [0.2, 0.25) is 0 Å². The molecule has 3 aromatic rings. The molecule has 0 radical (unpaired) electrons. The topological polar surface area (TPSA) is 87.2 Å². The number of hydrogen-bond donors (Lipinski definition) is 1. The molecule has 0 amide bonds. The number of rotatable bonds is 5. The molecule has 0 atom stereocenters. The van der Waals surface area contributed by atoms with Crippen molar-refractivity contribution in [3.8, 4) is 11.4 Å². The Bertz CT molecular complexity index is 1130. The normalized spacial score (nSPS) is 11.5. The average molecular weight is 370 g/mol. The van der Waals surface area contributed by atoms with E-state index < -0.39 is 12.6 Å². The number of carboxylic acid groups (broad SMARTS) is 1. The Kier molecular flexibility index (Phi) is 4.95. The highest BCUT2D eigenvalue weighted by molar-refractivity contribution is 6.30. The minimum atomic E-state index is -1.33. The molecule has 1 aromatic heterocycles. The fourth-order valence-corrected chi connectivity index (χ4v) is 2.65. The van der Waals surface area contributed by atoms with Crippen molar-refractivity contribution in [2.75, 3.05) is 6.61 Å². The van der Waals surface area contributed by atoms with Crippen LogP contribution in [0.1, 0.15) is 5.56 Å². The minimum absolute atomic E-state index is 0.313. The number of nitrogens with zero attached hydrogens (tertiary/aromatic N) is 1. The number of carboxylic acids is 1. The lowest BCUT2D eigenvalue weighted by atomic mass is 10.1. The van der Waals surface area contributed by atoms with Crippen LogP contribution in [-0.2, 0) is 4.79 Å². The van der Waals surface area contributed by atoms with Gasteiger partial charge in [-0.25, -0.2) is 4.68 Å². The van der Waals surface area contributed by atoms with Crippen molar-refractivity contribution in [1.82, 2.24) is 9.78 Å². The number of carbonyl (C=O) groups is 1. The van der Waals surface area contributed by atoms with Crippen molar-refractivity contribution in [2.45, 2.75) is 0 Å². The number of H-pyrrole nitrogens is 1. The van der Waals surface area contributed by atoms with Crippen LogP contribution in [0.25, 0.3) is 18.3 Å². The van der Waals surface area contributed by atoms with Crippen molar-refractivity contribution in [1.29, 1.82) is 0 Å². The Balaban J connectivity index is 2.10. The monoisotopic (exact) mass is 369 g/mol. The fourth-order valence-electron chi connectivity index (χ4n) is 2.46. The lowest BCUT2D eigenvalue weighted by molar-refractivity contribution is -0.307. The first-order valence-electron chi connectivity index (χ1n) is 7.65. The molecule has 26 heavy (non-hydrogen) atoms. The fraction of sp³-hybridized carbons (Fsp3) is 0.0526.